The quantitative estimate of drug-likeness (QED) is 0.432. The van der Waals surface area contributed by atoms with E-state index in [0.29, 0.717) is 18.9 Å². The van der Waals surface area contributed by atoms with Crippen molar-refractivity contribution in [3.05, 3.63) is 36.3 Å². The smallest absolute Gasteiger partial charge is 0.280 e. The molecule has 13 heteroatoms. The zero-order chi connectivity index (χ0) is 33.4. The summed E-state index contributed by atoms with van der Waals surface area (Å²) in [4.78, 5) is 35.0. The number of carbonyl (C=O) groups is 2. The van der Waals surface area contributed by atoms with Gasteiger partial charge in [0.1, 0.15) is 5.75 Å². The summed E-state index contributed by atoms with van der Waals surface area (Å²) in [6.07, 6.45) is 9.78. The highest BCUT2D eigenvalue weighted by Crippen LogP contribution is 2.30. The van der Waals surface area contributed by atoms with Gasteiger partial charge in [-0.3, -0.25) is 14.3 Å². The van der Waals surface area contributed by atoms with Gasteiger partial charge in [0.05, 0.1) is 36.7 Å². The fraction of sp³-hybridized carbons (Fsp3) is 0.667. The van der Waals surface area contributed by atoms with Gasteiger partial charge >= 0.3 is 0 Å². The molecule has 0 spiro atoms. The summed E-state index contributed by atoms with van der Waals surface area (Å²) in [5.74, 6) is -0.0632. The van der Waals surface area contributed by atoms with E-state index in [4.69, 9.17) is 9.47 Å². The maximum atomic E-state index is 14.3. The van der Waals surface area contributed by atoms with Crippen molar-refractivity contribution in [3.63, 3.8) is 0 Å². The Labute approximate surface area is 273 Å². The number of aromatic nitrogens is 2. The number of nitrogens with one attached hydrogen (secondary N) is 1. The van der Waals surface area contributed by atoms with E-state index in [1.807, 2.05) is 20.9 Å². The molecule has 2 heterocycles. The first kappa shape index (κ1) is 35.7. The Kier molecular flexibility index (Phi) is 12.5. The highest BCUT2D eigenvalue weighted by molar-refractivity contribution is 7.92. The van der Waals surface area contributed by atoms with Crippen LogP contribution in [0.25, 0.3) is 0 Å². The summed E-state index contributed by atoms with van der Waals surface area (Å²) in [6.45, 7) is 6.59. The van der Waals surface area contributed by atoms with E-state index >= 15 is 0 Å². The fourth-order valence-electron chi connectivity index (χ4n) is 6.20. The normalized spacial score (nSPS) is 23.1. The summed E-state index contributed by atoms with van der Waals surface area (Å²) in [5, 5.41) is 10.1. The molecule has 0 bridgehead atoms. The summed E-state index contributed by atoms with van der Waals surface area (Å²) in [5.41, 5.74) is 0.364. The third-order valence-electron chi connectivity index (χ3n) is 9.04. The van der Waals surface area contributed by atoms with Crippen LogP contribution in [-0.2, 0) is 26.6 Å². The van der Waals surface area contributed by atoms with Gasteiger partial charge in [0.15, 0.2) is 5.03 Å². The number of aryl methyl sites for hydroxylation is 1. The Morgan fingerprint density at radius 1 is 1.15 bits per heavy atom. The molecule has 2 aromatic rings. The molecule has 256 valence electrons. The predicted molar refractivity (Wildman–Crippen MR) is 175 cm³/mol. The number of anilines is 1. The molecule has 1 aliphatic carbocycles. The van der Waals surface area contributed by atoms with Crippen molar-refractivity contribution in [2.75, 3.05) is 38.1 Å². The number of benzene rings is 1. The number of aliphatic hydroxyl groups is 1. The number of sulfonamides is 1. The molecule has 2 N–H and O–H groups in total. The second-order valence-electron chi connectivity index (χ2n) is 13.0. The van der Waals surface area contributed by atoms with Crippen LogP contribution in [0.4, 0.5) is 5.69 Å². The van der Waals surface area contributed by atoms with E-state index in [2.05, 4.69) is 9.71 Å². The lowest BCUT2D eigenvalue weighted by Crippen LogP contribution is -2.48. The zero-order valence-corrected chi connectivity index (χ0v) is 28.7. The molecule has 2 aliphatic rings. The number of hydrogen-bond donors (Lipinski definition) is 2. The van der Waals surface area contributed by atoms with Crippen LogP contribution >= 0.6 is 0 Å². The maximum absolute atomic E-state index is 14.3. The molecule has 1 aromatic carbocycles. The number of imidazole rings is 1. The lowest BCUT2D eigenvalue weighted by atomic mass is 9.88. The molecule has 46 heavy (non-hydrogen) atoms. The highest BCUT2D eigenvalue weighted by atomic mass is 32.2. The van der Waals surface area contributed by atoms with Crippen LogP contribution in [0.1, 0.15) is 82.5 Å². The highest BCUT2D eigenvalue weighted by Gasteiger charge is 2.32. The monoisotopic (exact) mass is 661 g/mol. The number of aliphatic hydroxyl groups excluding tert-OH is 1. The minimum Gasteiger partial charge on any atom is -0.490 e. The third kappa shape index (κ3) is 9.22. The molecule has 4 rings (SSSR count). The zero-order valence-electron chi connectivity index (χ0n) is 27.9. The van der Waals surface area contributed by atoms with Crippen LogP contribution < -0.4 is 9.46 Å². The van der Waals surface area contributed by atoms with E-state index in [9.17, 15) is 23.1 Å². The number of likely N-dealkylation sites (N-methyl/N-ethyl adjacent to an activating group) is 1. The average molecular weight is 662 g/mol. The molecule has 4 atom stereocenters. The Morgan fingerprint density at radius 2 is 1.87 bits per heavy atom. The Balaban J connectivity index is 1.63. The fourth-order valence-corrected chi connectivity index (χ4v) is 7.24. The largest absolute Gasteiger partial charge is 0.490 e. The van der Waals surface area contributed by atoms with Gasteiger partial charge in [0.2, 0.25) is 5.91 Å². The first-order valence-electron chi connectivity index (χ1n) is 16.5. The Hall–Kier alpha value is -3.16. The molecule has 2 amide bonds. The first-order valence-corrected chi connectivity index (χ1v) is 18.0. The van der Waals surface area contributed by atoms with Crippen LogP contribution in [0.5, 0.6) is 5.75 Å². The standard InChI is InChI=1S/C33H51N5O7S/c1-23-18-38(24(2)21-39)33(41)28-17-27(35-46(42,43)31-20-36(4)22-34-31)14-15-29(28)45-25(3)11-9-10-16-44-30(23)19-37(5)32(40)26-12-7-6-8-13-26/h14-15,17,20,22-26,30,35,39H,6-13,16,18-19,21H2,1-5H3/t23-,24+,25+,30+/m1/s1. The van der Waals surface area contributed by atoms with Crippen molar-refractivity contribution in [1.82, 2.24) is 19.4 Å². The van der Waals surface area contributed by atoms with E-state index in [-0.39, 0.29) is 59.4 Å². The lowest BCUT2D eigenvalue weighted by molar-refractivity contribution is -0.137. The summed E-state index contributed by atoms with van der Waals surface area (Å²) in [7, 11) is -0.500. The number of hydrogen-bond acceptors (Lipinski definition) is 8. The van der Waals surface area contributed by atoms with Crippen LogP contribution in [0.3, 0.4) is 0 Å². The van der Waals surface area contributed by atoms with Crippen LogP contribution in [0.2, 0.25) is 0 Å². The minimum absolute atomic E-state index is 0.0438. The lowest BCUT2D eigenvalue weighted by Gasteiger charge is -2.36. The van der Waals surface area contributed by atoms with Gasteiger partial charge in [-0.2, -0.15) is 8.42 Å². The second-order valence-corrected chi connectivity index (χ2v) is 14.7. The molecule has 1 aromatic heterocycles. The average Bonchev–Trinajstić information content (AvgIpc) is 3.49. The number of nitrogens with zero attached hydrogens (tertiary/aromatic N) is 4. The summed E-state index contributed by atoms with van der Waals surface area (Å²) < 4.78 is 42.8. The van der Waals surface area contributed by atoms with Crippen molar-refractivity contribution in [3.8, 4) is 5.75 Å². The van der Waals surface area contributed by atoms with Gasteiger partial charge < -0.3 is 28.9 Å². The van der Waals surface area contributed by atoms with Gasteiger partial charge in [-0.1, -0.05) is 26.2 Å². The number of ether oxygens (including phenoxy) is 2. The van der Waals surface area contributed by atoms with E-state index in [1.54, 1.807) is 35.9 Å². The van der Waals surface area contributed by atoms with Gasteiger partial charge in [-0.25, -0.2) is 4.98 Å². The molecule has 0 unspecified atom stereocenters. The molecule has 12 nitrogen and oxygen atoms in total. The Morgan fingerprint density at radius 3 is 2.54 bits per heavy atom. The van der Waals surface area contributed by atoms with Gasteiger partial charge in [-0.15, -0.1) is 0 Å². The van der Waals surface area contributed by atoms with Crippen molar-refractivity contribution in [2.24, 2.45) is 18.9 Å². The van der Waals surface area contributed by atoms with Crippen molar-refractivity contribution < 1.29 is 32.6 Å². The molecule has 1 fully saturated rings. The van der Waals surface area contributed by atoms with Crippen molar-refractivity contribution in [1.29, 1.82) is 0 Å². The number of rotatable bonds is 8. The van der Waals surface area contributed by atoms with E-state index in [1.165, 1.54) is 29.6 Å². The van der Waals surface area contributed by atoms with Crippen molar-refractivity contribution >= 4 is 27.5 Å². The van der Waals surface area contributed by atoms with E-state index < -0.39 is 22.0 Å². The first-order chi connectivity index (χ1) is 21.9. The second kappa shape index (κ2) is 16.1. The van der Waals surface area contributed by atoms with E-state index in [0.717, 1.165) is 44.9 Å². The van der Waals surface area contributed by atoms with Gasteiger partial charge in [0, 0.05) is 57.5 Å². The molecular weight excluding hydrogens is 610 g/mol. The molecular formula is C33H51N5O7S. The topological polar surface area (TPSA) is 143 Å². The maximum Gasteiger partial charge on any atom is 0.280 e. The van der Waals surface area contributed by atoms with Gasteiger partial charge in [0.25, 0.3) is 15.9 Å². The SMILES string of the molecule is C[C@@H]1CN([C@@H](C)CO)C(=O)c2cc(NS(=O)(=O)c3cn(C)cn3)ccc2O[C@@H](C)CCCCO[C@H]1CN(C)C(=O)C1CCCCC1. The summed E-state index contributed by atoms with van der Waals surface area (Å²) in [6, 6.07) is 4.09. The third-order valence-corrected chi connectivity index (χ3v) is 10.3. The molecule has 0 saturated heterocycles. The van der Waals surface area contributed by atoms with Crippen LogP contribution in [0, 0.1) is 11.8 Å². The minimum atomic E-state index is -4.01. The van der Waals surface area contributed by atoms with Crippen LogP contribution in [-0.4, -0.2) is 96.3 Å². The summed E-state index contributed by atoms with van der Waals surface area (Å²) >= 11 is 0. The number of fused-ring (bicyclic) bond motifs is 1. The van der Waals surface area contributed by atoms with Gasteiger partial charge in [-0.05, 0) is 64.2 Å². The number of carbonyl (C=O) groups excluding carboxylic acids is 2. The number of amides is 2. The van der Waals surface area contributed by atoms with Crippen LogP contribution in [0.15, 0.2) is 35.7 Å². The molecule has 1 saturated carbocycles. The Bertz CT molecular complexity index is 1430. The molecule has 0 radical (unpaired) electrons. The predicted octanol–water partition coefficient (Wildman–Crippen LogP) is 4.06. The van der Waals surface area contributed by atoms with Crippen molar-refractivity contribution in [2.45, 2.75) is 95.4 Å². The molecule has 1 aliphatic heterocycles.